The zero-order chi connectivity index (χ0) is 16.8. The third kappa shape index (κ3) is 5.49. The Morgan fingerprint density at radius 1 is 1.00 bits per heavy atom. The first-order valence-electron chi connectivity index (χ1n) is 7.11. The summed E-state index contributed by atoms with van der Waals surface area (Å²) in [6.45, 7) is 3.93. The van der Waals surface area contributed by atoms with E-state index in [2.05, 4.69) is 10.0 Å². The minimum Gasteiger partial charge on any atom is -0.383 e. The van der Waals surface area contributed by atoms with Gasteiger partial charge in [0.15, 0.2) is 17.5 Å². The number of nitrogens with one attached hydrogen (secondary N) is 2. The molecule has 8 heteroatoms. The highest BCUT2D eigenvalue weighted by Gasteiger charge is 2.14. The molecule has 0 aliphatic carbocycles. The van der Waals surface area contributed by atoms with E-state index in [0.29, 0.717) is 25.9 Å². The highest BCUT2D eigenvalue weighted by atomic mass is 32.2. The Labute approximate surface area is 129 Å². The number of unbranched alkanes of at least 4 members (excludes halogenated alkanes) is 2. The maximum Gasteiger partial charge on any atom is 0.213 e. The van der Waals surface area contributed by atoms with E-state index in [9.17, 15) is 21.6 Å². The molecule has 0 heterocycles. The van der Waals surface area contributed by atoms with Crippen molar-refractivity contribution in [2.75, 3.05) is 18.4 Å². The smallest absolute Gasteiger partial charge is 0.213 e. The summed E-state index contributed by atoms with van der Waals surface area (Å²) in [6.07, 6.45) is 2.02. The number of hydrogen-bond acceptors (Lipinski definition) is 3. The van der Waals surface area contributed by atoms with E-state index in [1.807, 2.05) is 0 Å². The second kappa shape index (κ2) is 8.38. The Morgan fingerprint density at radius 3 is 2.27 bits per heavy atom. The van der Waals surface area contributed by atoms with Crippen molar-refractivity contribution in [2.45, 2.75) is 38.4 Å². The van der Waals surface area contributed by atoms with Crippen LogP contribution in [0.2, 0.25) is 0 Å². The summed E-state index contributed by atoms with van der Waals surface area (Å²) in [5, 5.41) is 2.22. The Balaban J connectivity index is 2.23. The van der Waals surface area contributed by atoms with Gasteiger partial charge in [-0.25, -0.2) is 26.3 Å². The molecule has 126 valence electrons. The first-order chi connectivity index (χ1) is 10.3. The predicted octanol–water partition coefficient (Wildman–Crippen LogP) is 3.01. The third-order valence-electron chi connectivity index (χ3n) is 3.13. The minimum absolute atomic E-state index is 0.0839. The molecule has 0 saturated heterocycles. The van der Waals surface area contributed by atoms with Crippen LogP contribution in [-0.2, 0) is 10.0 Å². The summed E-state index contributed by atoms with van der Waals surface area (Å²) < 4.78 is 64.5. The van der Waals surface area contributed by atoms with Gasteiger partial charge in [-0.05, 0) is 38.8 Å². The molecule has 0 aliphatic heterocycles. The normalized spacial score (nSPS) is 11.9. The van der Waals surface area contributed by atoms with Crippen LogP contribution in [0.5, 0.6) is 0 Å². The third-order valence-corrected chi connectivity index (χ3v) is 4.98. The van der Waals surface area contributed by atoms with Crippen molar-refractivity contribution in [1.29, 1.82) is 0 Å². The molecule has 0 saturated carbocycles. The first kappa shape index (κ1) is 18.8. The molecule has 22 heavy (non-hydrogen) atoms. The van der Waals surface area contributed by atoms with E-state index in [-0.39, 0.29) is 5.69 Å². The van der Waals surface area contributed by atoms with Gasteiger partial charge in [-0.1, -0.05) is 6.42 Å². The van der Waals surface area contributed by atoms with Crippen molar-refractivity contribution in [3.8, 4) is 0 Å². The molecule has 0 aliphatic rings. The summed E-state index contributed by atoms with van der Waals surface area (Å²) in [5.41, 5.74) is -0.0839. The fourth-order valence-corrected chi connectivity index (χ4v) is 2.46. The minimum atomic E-state index is -3.24. The summed E-state index contributed by atoms with van der Waals surface area (Å²) in [7, 11) is -3.24. The molecular formula is C14H21F3N2O2S. The SMILES string of the molecule is CC(C)S(=O)(=O)NCCCCCNc1ccc(F)c(F)c1F. The van der Waals surface area contributed by atoms with E-state index < -0.39 is 32.7 Å². The molecule has 0 aromatic heterocycles. The lowest BCUT2D eigenvalue weighted by Gasteiger charge is -2.10. The van der Waals surface area contributed by atoms with Crippen molar-refractivity contribution >= 4 is 15.7 Å². The summed E-state index contributed by atoms with van der Waals surface area (Å²) in [6, 6.07) is 2.01. The van der Waals surface area contributed by atoms with Gasteiger partial charge >= 0.3 is 0 Å². The largest absolute Gasteiger partial charge is 0.383 e. The van der Waals surface area contributed by atoms with Gasteiger partial charge in [-0.2, -0.15) is 0 Å². The van der Waals surface area contributed by atoms with E-state index in [1.165, 1.54) is 0 Å². The molecule has 1 aromatic carbocycles. The monoisotopic (exact) mass is 338 g/mol. The summed E-state index contributed by atoms with van der Waals surface area (Å²) >= 11 is 0. The van der Waals surface area contributed by atoms with Gasteiger partial charge < -0.3 is 5.32 Å². The number of benzene rings is 1. The first-order valence-corrected chi connectivity index (χ1v) is 8.66. The predicted molar refractivity (Wildman–Crippen MR) is 80.7 cm³/mol. The van der Waals surface area contributed by atoms with Gasteiger partial charge in [0.1, 0.15) is 0 Å². The molecule has 1 rings (SSSR count). The zero-order valence-electron chi connectivity index (χ0n) is 12.6. The average molecular weight is 338 g/mol. The van der Waals surface area contributed by atoms with Crippen LogP contribution >= 0.6 is 0 Å². The van der Waals surface area contributed by atoms with Gasteiger partial charge in [0.05, 0.1) is 10.9 Å². The number of halogens is 3. The maximum atomic E-state index is 13.3. The van der Waals surface area contributed by atoms with Gasteiger partial charge in [0.25, 0.3) is 0 Å². The highest BCUT2D eigenvalue weighted by molar-refractivity contribution is 7.90. The second-order valence-corrected chi connectivity index (χ2v) is 7.52. The average Bonchev–Trinajstić information content (AvgIpc) is 2.45. The van der Waals surface area contributed by atoms with Gasteiger partial charge in [0.2, 0.25) is 10.0 Å². The molecule has 1 aromatic rings. The van der Waals surface area contributed by atoms with E-state index in [4.69, 9.17) is 0 Å². The van der Waals surface area contributed by atoms with Gasteiger partial charge in [-0.3, -0.25) is 0 Å². The van der Waals surface area contributed by atoms with Crippen LogP contribution in [0.1, 0.15) is 33.1 Å². The van der Waals surface area contributed by atoms with E-state index >= 15 is 0 Å². The Kier molecular flexibility index (Phi) is 7.15. The summed E-state index contributed by atoms with van der Waals surface area (Å²) in [5.74, 6) is -3.95. The lowest BCUT2D eigenvalue weighted by Crippen LogP contribution is -2.31. The van der Waals surface area contributed by atoms with Crippen LogP contribution in [0.4, 0.5) is 18.9 Å². The van der Waals surface area contributed by atoms with Crippen LogP contribution in [0.3, 0.4) is 0 Å². The molecule has 0 atom stereocenters. The van der Waals surface area contributed by atoms with Crippen molar-refractivity contribution < 1.29 is 21.6 Å². The van der Waals surface area contributed by atoms with Gasteiger partial charge in [0, 0.05) is 13.1 Å². The molecule has 0 amide bonds. The number of anilines is 1. The Hall–Kier alpha value is -1.28. The molecule has 2 N–H and O–H groups in total. The van der Waals surface area contributed by atoms with Crippen molar-refractivity contribution in [3.05, 3.63) is 29.6 Å². The highest BCUT2D eigenvalue weighted by Crippen LogP contribution is 2.19. The van der Waals surface area contributed by atoms with E-state index in [0.717, 1.165) is 18.6 Å². The summed E-state index contributed by atoms with van der Waals surface area (Å²) in [4.78, 5) is 0. The molecule has 0 fully saturated rings. The van der Waals surface area contributed by atoms with Crippen LogP contribution in [0.15, 0.2) is 12.1 Å². The molecule has 4 nitrogen and oxygen atoms in total. The molecule has 0 unspecified atom stereocenters. The van der Waals surface area contributed by atoms with Crippen LogP contribution in [0, 0.1) is 17.5 Å². The van der Waals surface area contributed by atoms with Crippen LogP contribution in [0.25, 0.3) is 0 Å². The standard InChI is InChI=1S/C14H21F3N2O2S/c1-10(2)22(20,21)19-9-5-3-4-8-18-12-7-6-11(15)13(16)14(12)17/h6-7,10,18-19H,3-5,8-9H2,1-2H3. The van der Waals surface area contributed by atoms with Crippen molar-refractivity contribution in [2.24, 2.45) is 0 Å². The number of sulfonamides is 1. The Morgan fingerprint density at radius 2 is 1.64 bits per heavy atom. The number of hydrogen-bond donors (Lipinski definition) is 2. The Bertz CT molecular complexity index is 592. The quantitative estimate of drug-likeness (QED) is 0.537. The molecular weight excluding hydrogens is 317 g/mol. The van der Waals surface area contributed by atoms with E-state index in [1.54, 1.807) is 13.8 Å². The topological polar surface area (TPSA) is 58.2 Å². The van der Waals surface area contributed by atoms with Crippen molar-refractivity contribution in [3.63, 3.8) is 0 Å². The fraction of sp³-hybridized carbons (Fsp3) is 0.571. The van der Waals surface area contributed by atoms with Gasteiger partial charge in [-0.15, -0.1) is 0 Å². The second-order valence-electron chi connectivity index (χ2n) is 5.20. The molecule has 0 radical (unpaired) electrons. The van der Waals surface area contributed by atoms with Crippen LogP contribution in [-0.4, -0.2) is 26.8 Å². The maximum absolute atomic E-state index is 13.3. The molecule has 0 bridgehead atoms. The van der Waals surface area contributed by atoms with Crippen molar-refractivity contribution in [1.82, 2.24) is 4.72 Å². The lowest BCUT2D eigenvalue weighted by atomic mass is 10.2. The fourth-order valence-electron chi connectivity index (χ4n) is 1.69. The molecule has 0 spiro atoms. The van der Waals surface area contributed by atoms with Crippen LogP contribution < -0.4 is 10.0 Å². The zero-order valence-corrected chi connectivity index (χ0v) is 13.4. The number of rotatable bonds is 9. The lowest BCUT2D eigenvalue weighted by molar-refractivity contribution is 0.449.